The Labute approximate surface area is 188 Å². The molecule has 31 heavy (non-hydrogen) atoms. The van der Waals surface area contributed by atoms with Gasteiger partial charge < -0.3 is 14.8 Å². The zero-order chi connectivity index (χ0) is 22.0. The molecule has 2 heterocycles. The molecule has 1 atom stereocenters. The second kappa shape index (κ2) is 8.75. The van der Waals surface area contributed by atoms with Gasteiger partial charge in [0.05, 0.1) is 0 Å². The normalized spacial score (nSPS) is 15.9. The summed E-state index contributed by atoms with van der Waals surface area (Å²) >= 11 is 11.3. The van der Waals surface area contributed by atoms with Crippen LogP contribution in [0.2, 0.25) is 5.02 Å². The van der Waals surface area contributed by atoms with E-state index in [9.17, 15) is 14.7 Å². The van der Waals surface area contributed by atoms with Gasteiger partial charge in [-0.05, 0) is 42.0 Å². The van der Waals surface area contributed by atoms with Crippen molar-refractivity contribution < 1.29 is 19.1 Å². The first-order chi connectivity index (χ1) is 14.9. The summed E-state index contributed by atoms with van der Waals surface area (Å²) in [6.07, 6.45) is 1.64. The first-order valence-corrected chi connectivity index (χ1v) is 10.2. The van der Waals surface area contributed by atoms with Gasteiger partial charge in [0.15, 0.2) is 5.11 Å². The lowest BCUT2D eigenvalue weighted by Gasteiger charge is -2.22. The van der Waals surface area contributed by atoms with Gasteiger partial charge in [-0.15, -0.1) is 0 Å². The molecule has 0 aliphatic carbocycles. The molecular weight excluding hydrogens is 436 g/mol. The third-order valence-corrected chi connectivity index (χ3v) is 5.33. The van der Waals surface area contributed by atoms with E-state index >= 15 is 0 Å². The van der Waals surface area contributed by atoms with E-state index in [0.29, 0.717) is 16.5 Å². The highest BCUT2D eigenvalue weighted by Crippen LogP contribution is 2.26. The maximum absolute atomic E-state index is 13.0. The Kier molecular flexibility index (Phi) is 5.88. The zero-order valence-corrected chi connectivity index (χ0v) is 17.7. The van der Waals surface area contributed by atoms with Crippen molar-refractivity contribution in [1.82, 2.24) is 10.2 Å². The lowest BCUT2D eigenvalue weighted by atomic mass is 10.0. The number of benzene rings is 2. The molecule has 0 spiro atoms. The highest BCUT2D eigenvalue weighted by atomic mass is 35.5. The SMILES string of the molecule is O=C(O)C(Cc1ccccc1)N1C(=O)/C(=C\c2ccc(-c3cccc(Cl)c3)o2)NC1=S. The Morgan fingerprint density at radius 3 is 2.65 bits per heavy atom. The van der Waals surface area contributed by atoms with E-state index in [1.165, 1.54) is 6.08 Å². The van der Waals surface area contributed by atoms with Crippen molar-refractivity contribution in [2.75, 3.05) is 0 Å². The van der Waals surface area contributed by atoms with Crippen LogP contribution in [0, 0.1) is 0 Å². The fraction of sp³-hybridized carbons (Fsp3) is 0.0870. The molecule has 3 aromatic rings. The highest BCUT2D eigenvalue weighted by molar-refractivity contribution is 7.80. The van der Waals surface area contributed by atoms with Crippen molar-refractivity contribution in [3.63, 3.8) is 0 Å². The molecule has 4 rings (SSSR count). The number of nitrogens with zero attached hydrogens (tertiary/aromatic N) is 1. The lowest BCUT2D eigenvalue weighted by Crippen LogP contribution is -2.46. The Balaban J connectivity index is 1.57. The molecule has 0 saturated carbocycles. The van der Waals surface area contributed by atoms with Crippen LogP contribution in [0.4, 0.5) is 0 Å². The van der Waals surface area contributed by atoms with Crippen LogP contribution >= 0.6 is 23.8 Å². The van der Waals surface area contributed by atoms with Crippen LogP contribution in [-0.4, -0.2) is 33.0 Å². The van der Waals surface area contributed by atoms with Crippen molar-refractivity contribution in [2.45, 2.75) is 12.5 Å². The van der Waals surface area contributed by atoms with Crippen LogP contribution in [0.25, 0.3) is 17.4 Å². The molecule has 1 aromatic heterocycles. The summed E-state index contributed by atoms with van der Waals surface area (Å²) in [5, 5.41) is 13.2. The van der Waals surface area contributed by atoms with Gasteiger partial charge in [-0.2, -0.15) is 0 Å². The van der Waals surface area contributed by atoms with Gasteiger partial charge in [0.25, 0.3) is 5.91 Å². The number of amides is 1. The van der Waals surface area contributed by atoms with Crippen LogP contribution in [0.5, 0.6) is 0 Å². The minimum absolute atomic E-state index is 0.0428. The van der Waals surface area contributed by atoms with Crippen LogP contribution in [0.15, 0.2) is 76.8 Å². The summed E-state index contributed by atoms with van der Waals surface area (Å²) in [4.78, 5) is 26.0. The molecule has 1 saturated heterocycles. The number of hydrogen-bond acceptors (Lipinski definition) is 4. The molecule has 1 aliphatic heterocycles. The van der Waals surface area contributed by atoms with Crippen LogP contribution in [-0.2, 0) is 16.0 Å². The average Bonchev–Trinajstić information content (AvgIpc) is 3.32. The van der Waals surface area contributed by atoms with Gasteiger partial charge in [0.2, 0.25) is 0 Å². The Hall–Kier alpha value is -3.42. The summed E-state index contributed by atoms with van der Waals surface area (Å²) in [6.45, 7) is 0. The number of furan rings is 1. The smallest absolute Gasteiger partial charge is 0.327 e. The third kappa shape index (κ3) is 4.52. The fourth-order valence-electron chi connectivity index (χ4n) is 3.33. The predicted molar refractivity (Wildman–Crippen MR) is 121 cm³/mol. The number of nitrogens with one attached hydrogen (secondary N) is 1. The number of carbonyl (C=O) groups is 2. The number of thiocarbonyl (C=S) groups is 1. The molecule has 1 amide bonds. The number of aliphatic carboxylic acids is 1. The maximum atomic E-state index is 13.0. The van der Waals surface area contributed by atoms with Gasteiger partial charge in [-0.25, -0.2) is 4.79 Å². The second-order valence-electron chi connectivity index (χ2n) is 6.92. The molecule has 156 valence electrons. The first kappa shape index (κ1) is 20.8. The van der Waals surface area contributed by atoms with Crippen molar-refractivity contribution in [1.29, 1.82) is 0 Å². The first-order valence-electron chi connectivity index (χ1n) is 9.41. The number of carbonyl (C=O) groups excluding carboxylic acids is 1. The van der Waals surface area contributed by atoms with E-state index in [1.807, 2.05) is 42.5 Å². The van der Waals surface area contributed by atoms with Crippen molar-refractivity contribution in [3.8, 4) is 11.3 Å². The monoisotopic (exact) mass is 452 g/mol. The topological polar surface area (TPSA) is 82.8 Å². The summed E-state index contributed by atoms with van der Waals surface area (Å²) in [5.74, 6) is -0.644. The van der Waals surface area contributed by atoms with E-state index in [1.54, 1.807) is 24.3 Å². The number of rotatable bonds is 6. The van der Waals surface area contributed by atoms with Crippen LogP contribution in [0.3, 0.4) is 0 Å². The van der Waals surface area contributed by atoms with E-state index in [0.717, 1.165) is 16.0 Å². The summed E-state index contributed by atoms with van der Waals surface area (Å²) in [6, 6.07) is 18.7. The summed E-state index contributed by atoms with van der Waals surface area (Å²) in [5.41, 5.74) is 1.74. The van der Waals surface area contributed by atoms with Gasteiger partial charge in [-0.3, -0.25) is 9.69 Å². The van der Waals surface area contributed by atoms with E-state index in [-0.39, 0.29) is 17.2 Å². The fourth-order valence-corrected chi connectivity index (χ4v) is 3.84. The zero-order valence-electron chi connectivity index (χ0n) is 16.1. The molecule has 8 heteroatoms. The van der Waals surface area contributed by atoms with Gasteiger partial charge >= 0.3 is 5.97 Å². The van der Waals surface area contributed by atoms with Crippen molar-refractivity contribution in [3.05, 3.63) is 88.8 Å². The van der Waals surface area contributed by atoms with Gasteiger partial charge in [-0.1, -0.05) is 54.1 Å². The van der Waals surface area contributed by atoms with E-state index in [4.69, 9.17) is 28.2 Å². The van der Waals surface area contributed by atoms with E-state index < -0.39 is 17.9 Å². The predicted octanol–water partition coefficient (Wildman–Crippen LogP) is 4.35. The molecule has 2 aromatic carbocycles. The molecule has 6 nitrogen and oxygen atoms in total. The quantitative estimate of drug-likeness (QED) is 0.427. The largest absolute Gasteiger partial charge is 0.480 e. The molecular formula is C23H17ClN2O4S. The maximum Gasteiger partial charge on any atom is 0.327 e. The average molecular weight is 453 g/mol. The molecule has 1 unspecified atom stereocenters. The number of carboxylic acid groups (broad SMARTS) is 1. The third-order valence-electron chi connectivity index (χ3n) is 4.80. The number of carboxylic acids is 1. The Bertz CT molecular complexity index is 1190. The van der Waals surface area contributed by atoms with Gasteiger partial charge in [0.1, 0.15) is 23.3 Å². The van der Waals surface area contributed by atoms with Crippen LogP contribution in [0.1, 0.15) is 11.3 Å². The standard InChI is InChI=1S/C23H17ClN2O4S/c24-16-8-4-7-15(12-16)20-10-9-17(30-20)13-18-21(27)26(23(31)25-18)19(22(28)29)11-14-5-2-1-3-6-14/h1-10,12-13,19H,11H2,(H,25,31)(H,28,29)/b18-13+. The Morgan fingerprint density at radius 2 is 1.94 bits per heavy atom. The highest BCUT2D eigenvalue weighted by Gasteiger charge is 2.39. The number of hydrogen-bond donors (Lipinski definition) is 2. The van der Waals surface area contributed by atoms with Crippen molar-refractivity contribution >= 4 is 46.9 Å². The van der Waals surface area contributed by atoms with E-state index in [2.05, 4.69) is 5.32 Å². The minimum atomic E-state index is -1.14. The number of halogens is 1. The summed E-state index contributed by atoms with van der Waals surface area (Å²) < 4.78 is 5.80. The minimum Gasteiger partial charge on any atom is -0.480 e. The Morgan fingerprint density at radius 1 is 1.16 bits per heavy atom. The van der Waals surface area contributed by atoms with Crippen LogP contribution < -0.4 is 5.32 Å². The molecule has 1 fully saturated rings. The van der Waals surface area contributed by atoms with Crippen molar-refractivity contribution in [2.24, 2.45) is 0 Å². The molecule has 1 aliphatic rings. The molecule has 0 radical (unpaired) electrons. The summed E-state index contributed by atoms with van der Waals surface area (Å²) in [7, 11) is 0. The van der Waals surface area contributed by atoms with Gasteiger partial charge in [0, 0.05) is 23.1 Å². The second-order valence-corrected chi connectivity index (χ2v) is 7.74. The molecule has 0 bridgehead atoms. The lowest BCUT2D eigenvalue weighted by molar-refractivity contribution is -0.145. The molecule has 2 N–H and O–H groups in total.